The predicted octanol–water partition coefficient (Wildman–Crippen LogP) is 3.84. The molecule has 0 bridgehead atoms. The first-order chi connectivity index (χ1) is 9.63. The molecule has 100 valence electrons. The maximum Gasteiger partial charge on any atom is 0.276 e. The lowest BCUT2D eigenvalue weighted by Crippen LogP contribution is -1.86. The van der Waals surface area contributed by atoms with Gasteiger partial charge in [0.25, 0.3) is 5.89 Å². The zero-order valence-corrected chi connectivity index (χ0v) is 11.4. The highest BCUT2D eigenvalue weighted by Crippen LogP contribution is 2.25. The Morgan fingerprint density at radius 1 is 1.10 bits per heavy atom. The van der Waals surface area contributed by atoms with Crippen LogP contribution in [-0.2, 0) is 0 Å². The summed E-state index contributed by atoms with van der Waals surface area (Å²) in [6.45, 7) is 0. The molecule has 0 spiro atoms. The fraction of sp³-hybridized carbons (Fsp3) is 0. The van der Waals surface area contributed by atoms with Crippen LogP contribution in [0.2, 0.25) is 0 Å². The first-order valence-electron chi connectivity index (χ1n) is 5.54. The van der Waals surface area contributed by atoms with Gasteiger partial charge in [-0.3, -0.25) is 0 Å². The number of benzene rings is 1. The highest BCUT2D eigenvalue weighted by atomic mass is 79.9. The molecule has 3 rings (SSSR count). The van der Waals surface area contributed by atoms with E-state index >= 15 is 0 Å². The molecule has 0 saturated carbocycles. The van der Waals surface area contributed by atoms with Crippen molar-refractivity contribution in [3.63, 3.8) is 0 Å². The molecule has 0 amide bonds. The molecular weight excluding hydrogens is 332 g/mol. The maximum absolute atomic E-state index is 13.2. The Morgan fingerprint density at radius 3 is 2.65 bits per heavy atom. The van der Waals surface area contributed by atoms with E-state index in [4.69, 9.17) is 4.52 Å². The first kappa shape index (κ1) is 12.9. The second-order valence-electron chi connectivity index (χ2n) is 3.91. The Bertz CT molecular complexity index is 759. The third-order valence-electron chi connectivity index (χ3n) is 2.55. The van der Waals surface area contributed by atoms with Crippen molar-refractivity contribution in [2.24, 2.45) is 0 Å². The van der Waals surface area contributed by atoms with Crippen molar-refractivity contribution in [3.05, 3.63) is 52.6 Å². The van der Waals surface area contributed by atoms with E-state index in [0.29, 0.717) is 21.6 Å². The van der Waals surface area contributed by atoms with E-state index < -0.39 is 5.82 Å². The SMILES string of the molecule is Fc1ccc(-c2nc(-c3ccc(F)c(Br)c3)no2)nc1. The largest absolute Gasteiger partial charge is 0.332 e. The second-order valence-corrected chi connectivity index (χ2v) is 4.77. The number of rotatable bonds is 2. The van der Waals surface area contributed by atoms with Crippen molar-refractivity contribution < 1.29 is 13.3 Å². The van der Waals surface area contributed by atoms with Gasteiger partial charge in [0.2, 0.25) is 5.82 Å². The monoisotopic (exact) mass is 337 g/mol. The van der Waals surface area contributed by atoms with Crippen molar-refractivity contribution in [2.75, 3.05) is 0 Å². The average molecular weight is 338 g/mol. The molecule has 0 aliphatic carbocycles. The molecule has 2 heterocycles. The van der Waals surface area contributed by atoms with Gasteiger partial charge in [0.1, 0.15) is 17.3 Å². The van der Waals surface area contributed by atoms with Gasteiger partial charge in [0, 0.05) is 5.56 Å². The molecule has 1 aromatic carbocycles. The van der Waals surface area contributed by atoms with Gasteiger partial charge >= 0.3 is 0 Å². The Hall–Kier alpha value is -2.15. The number of nitrogens with zero attached hydrogens (tertiary/aromatic N) is 3. The fourth-order valence-electron chi connectivity index (χ4n) is 1.58. The van der Waals surface area contributed by atoms with Gasteiger partial charge in [-0.05, 0) is 46.3 Å². The van der Waals surface area contributed by atoms with Gasteiger partial charge < -0.3 is 4.52 Å². The van der Waals surface area contributed by atoms with Crippen LogP contribution in [0, 0.1) is 11.6 Å². The zero-order chi connectivity index (χ0) is 14.1. The van der Waals surface area contributed by atoms with Crippen LogP contribution in [0.15, 0.2) is 45.5 Å². The van der Waals surface area contributed by atoms with Gasteiger partial charge in [0.15, 0.2) is 0 Å². The van der Waals surface area contributed by atoms with Crippen LogP contribution < -0.4 is 0 Å². The summed E-state index contributed by atoms with van der Waals surface area (Å²) in [6, 6.07) is 7.06. The highest BCUT2D eigenvalue weighted by molar-refractivity contribution is 9.10. The molecule has 0 N–H and O–H groups in total. The lowest BCUT2D eigenvalue weighted by atomic mass is 10.2. The third kappa shape index (κ3) is 2.44. The molecule has 0 saturated heterocycles. The molecule has 0 fully saturated rings. The molecular formula is C13H6BrF2N3O. The molecule has 7 heteroatoms. The van der Waals surface area contributed by atoms with Crippen molar-refractivity contribution in [2.45, 2.75) is 0 Å². The molecule has 2 aromatic heterocycles. The number of hydrogen-bond acceptors (Lipinski definition) is 4. The molecule has 0 radical (unpaired) electrons. The zero-order valence-electron chi connectivity index (χ0n) is 9.85. The number of halogens is 3. The summed E-state index contributed by atoms with van der Waals surface area (Å²) in [4.78, 5) is 7.99. The Balaban J connectivity index is 1.97. The van der Waals surface area contributed by atoms with Crippen LogP contribution in [0.25, 0.3) is 23.0 Å². The Labute approximate surface area is 120 Å². The Kier molecular flexibility index (Phi) is 3.27. The van der Waals surface area contributed by atoms with Gasteiger partial charge in [-0.25, -0.2) is 13.8 Å². The molecule has 0 unspecified atom stereocenters. The van der Waals surface area contributed by atoms with Crippen LogP contribution in [0.3, 0.4) is 0 Å². The quantitative estimate of drug-likeness (QED) is 0.712. The van der Waals surface area contributed by atoms with Crippen LogP contribution in [-0.4, -0.2) is 15.1 Å². The van der Waals surface area contributed by atoms with E-state index in [1.807, 2.05) is 0 Å². The van der Waals surface area contributed by atoms with E-state index in [1.165, 1.54) is 24.3 Å². The van der Waals surface area contributed by atoms with Gasteiger partial charge in [-0.2, -0.15) is 4.98 Å². The van der Waals surface area contributed by atoms with E-state index in [2.05, 4.69) is 31.1 Å². The minimum atomic E-state index is -0.448. The van der Waals surface area contributed by atoms with Crippen LogP contribution in [0.1, 0.15) is 0 Å². The van der Waals surface area contributed by atoms with E-state index in [9.17, 15) is 8.78 Å². The molecule has 0 aliphatic rings. The third-order valence-corrected chi connectivity index (χ3v) is 3.16. The maximum atomic E-state index is 13.2. The lowest BCUT2D eigenvalue weighted by Gasteiger charge is -1.96. The average Bonchev–Trinajstić information content (AvgIpc) is 2.92. The van der Waals surface area contributed by atoms with Gasteiger partial charge in [0.05, 0.1) is 10.7 Å². The summed E-state index contributed by atoms with van der Waals surface area (Å²) in [5.74, 6) is -0.360. The predicted molar refractivity (Wildman–Crippen MR) is 70.6 cm³/mol. The molecule has 3 aromatic rings. The van der Waals surface area contributed by atoms with Crippen molar-refractivity contribution >= 4 is 15.9 Å². The molecule has 4 nitrogen and oxygen atoms in total. The van der Waals surface area contributed by atoms with Crippen molar-refractivity contribution in [1.29, 1.82) is 0 Å². The minimum Gasteiger partial charge on any atom is -0.332 e. The normalized spacial score (nSPS) is 10.8. The second kappa shape index (κ2) is 5.09. The molecule has 0 aliphatic heterocycles. The van der Waals surface area contributed by atoms with E-state index in [0.717, 1.165) is 6.20 Å². The summed E-state index contributed by atoms with van der Waals surface area (Å²) in [5.41, 5.74) is 0.960. The van der Waals surface area contributed by atoms with Crippen molar-refractivity contribution in [3.8, 4) is 23.0 Å². The van der Waals surface area contributed by atoms with E-state index in [-0.39, 0.29) is 11.7 Å². The highest BCUT2D eigenvalue weighted by Gasteiger charge is 2.12. The summed E-state index contributed by atoms with van der Waals surface area (Å²) in [5, 5.41) is 3.79. The topological polar surface area (TPSA) is 51.8 Å². The standard InChI is InChI=1S/C13H6BrF2N3O/c14-9-5-7(1-3-10(9)16)12-18-13(20-19-12)11-4-2-8(15)6-17-11/h1-6H. The van der Waals surface area contributed by atoms with Crippen LogP contribution in [0.5, 0.6) is 0 Å². The number of aromatic nitrogens is 3. The number of hydrogen-bond donors (Lipinski definition) is 0. The van der Waals surface area contributed by atoms with E-state index in [1.54, 1.807) is 6.07 Å². The van der Waals surface area contributed by atoms with Crippen LogP contribution in [0.4, 0.5) is 8.78 Å². The first-order valence-corrected chi connectivity index (χ1v) is 6.34. The summed E-state index contributed by atoms with van der Waals surface area (Å²) < 4.78 is 31.3. The summed E-state index contributed by atoms with van der Waals surface area (Å²) >= 11 is 3.09. The molecule has 20 heavy (non-hydrogen) atoms. The lowest BCUT2D eigenvalue weighted by molar-refractivity contribution is 0.431. The smallest absolute Gasteiger partial charge is 0.276 e. The fourth-order valence-corrected chi connectivity index (χ4v) is 1.96. The summed E-state index contributed by atoms with van der Waals surface area (Å²) in [6.07, 6.45) is 1.06. The molecule has 0 atom stereocenters. The Morgan fingerprint density at radius 2 is 1.95 bits per heavy atom. The summed E-state index contributed by atoms with van der Waals surface area (Å²) in [7, 11) is 0. The number of pyridine rings is 1. The van der Waals surface area contributed by atoms with Gasteiger partial charge in [-0.15, -0.1) is 0 Å². The van der Waals surface area contributed by atoms with Crippen molar-refractivity contribution in [1.82, 2.24) is 15.1 Å². The van der Waals surface area contributed by atoms with Crippen LogP contribution >= 0.6 is 15.9 Å². The van der Waals surface area contributed by atoms with Gasteiger partial charge in [-0.1, -0.05) is 5.16 Å². The minimum absolute atomic E-state index is 0.167.